The van der Waals surface area contributed by atoms with E-state index in [1.807, 2.05) is 18.2 Å². The molecular weight excluding hydrogens is 304 g/mol. The number of nitrogens with one attached hydrogen (secondary N) is 1. The van der Waals surface area contributed by atoms with E-state index in [1.54, 1.807) is 25.4 Å². The van der Waals surface area contributed by atoms with Gasteiger partial charge in [0.05, 0.1) is 51.7 Å². The zero-order valence-corrected chi connectivity index (χ0v) is 14.3. The van der Waals surface area contributed by atoms with E-state index < -0.39 is 10.0 Å². The highest BCUT2D eigenvalue weighted by atomic mass is 32.2. The van der Waals surface area contributed by atoms with Gasteiger partial charge in [0.1, 0.15) is 18.0 Å². The second-order valence-electron chi connectivity index (χ2n) is 5.40. The van der Waals surface area contributed by atoms with Crippen LogP contribution in [-0.2, 0) is 16.6 Å². The molecule has 6 nitrogen and oxygen atoms in total. The summed E-state index contributed by atoms with van der Waals surface area (Å²) in [7, 11) is 0.239. The molecule has 0 bridgehead atoms. The van der Waals surface area contributed by atoms with Crippen LogP contribution >= 0.6 is 0 Å². The van der Waals surface area contributed by atoms with E-state index in [9.17, 15) is 8.42 Å². The first-order valence-corrected chi connectivity index (χ1v) is 9.13. The quantitative estimate of drug-likeness (QED) is 0.782. The van der Waals surface area contributed by atoms with Gasteiger partial charge in [0.15, 0.2) is 0 Å². The van der Waals surface area contributed by atoms with Crippen LogP contribution in [0.25, 0.3) is 0 Å². The van der Waals surface area contributed by atoms with Crippen LogP contribution in [0.3, 0.4) is 0 Å². The lowest BCUT2D eigenvalue weighted by Gasteiger charge is -2.31. The van der Waals surface area contributed by atoms with Crippen LogP contribution in [0.4, 0.5) is 0 Å². The largest absolute Gasteiger partial charge is 0.497 e. The van der Waals surface area contributed by atoms with Gasteiger partial charge in [-0.2, -0.15) is 4.31 Å². The van der Waals surface area contributed by atoms with E-state index in [0.717, 1.165) is 36.7 Å². The molecule has 1 fully saturated rings. The van der Waals surface area contributed by atoms with Gasteiger partial charge >= 0.3 is 0 Å². The molecule has 1 N–H and O–H groups in total. The Morgan fingerprint density at radius 1 is 1.18 bits per heavy atom. The Morgan fingerprint density at radius 2 is 1.86 bits per heavy atom. The van der Waals surface area contributed by atoms with E-state index in [2.05, 4.69) is 0 Å². The molecule has 22 heavy (non-hydrogen) atoms. The third kappa shape index (κ3) is 3.91. The van der Waals surface area contributed by atoms with Gasteiger partial charge < -0.3 is 14.4 Å². The van der Waals surface area contributed by atoms with Crippen LogP contribution in [0, 0.1) is 0 Å². The molecule has 1 aromatic rings. The average Bonchev–Trinajstić information content (AvgIpc) is 2.55. The first-order chi connectivity index (χ1) is 10.5. The summed E-state index contributed by atoms with van der Waals surface area (Å²) < 4.78 is 36.0. The zero-order valence-electron chi connectivity index (χ0n) is 13.5. The molecule has 1 heterocycles. The van der Waals surface area contributed by atoms with Gasteiger partial charge in [-0.1, -0.05) is 0 Å². The molecule has 1 aliphatic rings. The Morgan fingerprint density at radius 3 is 2.41 bits per heavy atom. The highest BCUT2D eigenvalue weighted by Gasteiger charge is 2.28. The molecule has 1 aliphatic heterocycles. The van der Waals surface area contributed by atoms with Gasteiger partial charge in [-0.15, -0.1) is 0 Å². The molecule has 7 heteroatoms. The Kier molecular flexibility index (Phi) is 5.66. The van der Waals surface area contributed by atoms with E-state index >= 15 is 0 Å². The molecule has 1 saturated heterocycles. The van der Waals surface area contributed by atoms with E-state index in [4.69, 9.17) is 9.47 Å². The number of ether oxygens (including phenoxy) is 2. The molecule has 0 unspecified atom stereocenters. The summed E-state index contributed by atoms with van der Waals surface area (Å²) in [6.45, 7) is 5.27. The second kappa shape index (κ2) is 7.30. The number of hydrogen-bond donors (Lipinski definition) is 1. The molecule has 0 radical (unpaired) electrons. The van der Waals surface area contributed by atoms with Gasteiger partial charge in [-0.3, -0.25) is 0 Å². The lowest BCUT2D eigenvalue weighted by molar-refractivity contribution is -0.917. The average molecular weight is 329 g/mol. The molecule has 0 atom stereocenters. The second-order valence-corrected chi connectivity index (χ2v) is 7.66. The minimum absolute atomic E-state index is 0.173. The van der Waals surface area contributed by atoms with Crippen LogP contribution in [-0.4, -0.2) is 58.9 Å². The molecule has 0 spiro atoms. The van der Waals surface area contributed by atoms with Crippen molar-refractivity contribution in [3.05, 3.63) is 23.8 Å². The zero-order chi connectivity index (χ0) is 16.2. The van der Waals surface area contributed by atoms with E-state index in [1.165, 1.54) is 4.90 Å². The fourth-order valence-electron chi connectivity index (χ4n) is 2.73. The lowest BCUT2D eigenvalue weighted by Crippen LogP contribution is -3.13. The van der Waals surface area contributed by atoms with Crippen molar-refractivity contribution >= 4 is 10.0 Å². The first kappa shape index (κ1) is 17.1. The van der Waals surface area contributed by atoms with Gasteiger partial charge in [0.25, 0.3) is 0 Å². The predicted octanol–water partition coefficient (Wildman–Crippen LogP) is -0.246. The van der Waals surface area contributed by atoms with Gasteiger partial charge in [0, 0.05) is 0 Å². The van der Waals surface area contributed by atoms with Crippen molar-refractivity contribution in [3.8, 4) is 11.5 Å². The topological polar surface area (TPSA) is 60.3 Å². The minimum atomic E-state index is -3.07. The number of sulfonamides is 1. The molecule has 124 valence electrons. The van der Waals surface area contributed by atoms with Crippen molar-refractivity contribution in [2.75, 3.05) is 46.2 Å². The fourth-order valence-corrected chi connectivity index (χ4v) is 3.83. The highest BCUT2D eigenvalue weighted by Crippen LogP contribution is 2.23. The van der Waals surface area contributed by atoms with Crippen molar-refractivity contribution < 1.29 is 22.8 Å². The molecule has 0 amide bonds. The maximum Gasteiger partial charge on any atom is 0.214 e. The first-order valence-electron chi connectivity index (χ1n) is 7.52. The summed E-state index contributed by atoms with van der Waals surface area (Å²) >= 11 is 0. The van der Waals surface area contributed by atoms with Crippen molar-refractivity contribution in [3.63, 3.8) is 0 Å². The number of benzene rings is 1. The van der Waals surface area contributed by atoms with Crippen molar-refractivity contribution in [2.45, 2.75) is 13.5 Å². The summed E-state index contributed by atoms with van der Waals surface area (Å²) in [5.74, 6) is 1.82. The number of nitrogens with zero attached hydrogens (tertiary/aromatic N) is 1. The maximum atomic E-state index is 11.9. The smallest absolute Gasteiger partial charge is 0.214 e. The third-order valence-electron chi connectivity index (χ3n) is 4.12. The van der Waals surface area contributed by atoms with Crippen molar-refractivity contribution in [1.29, 1.82) is 0 Å². The van der Waals surface area contributed by atoms with E-state index in [-0.39, 0.29) is 5.75 Å². The Labute approximate surface area is 132 Å². The number of rotatable bonds is 6. The number of hydrogen-bond acceptors (Lipinski definition) is 4. The monoisotopic (exact) mass is 329 g/mol. The summed E-state index contributed by atoms with van der Waals surface area (Å²) in [5.41, 5.74) is 1.09. The highest BCUT2D eigenvalue weighted by molar-refractivity contribution is 7.89. The van der Waals surface area contributed by atoms with E-state index in [0.29, 0.717) is 13.1 Å². The SMILES string of the molecule is CCS(=O)(=O)N1CC[NH+](Cc2cc(OC)ccc2OC)CC1. The van der Waals surface area contributed by atoms with Crippen LogP contribution in [0.2, 0.25) is 0 Å². The van der Waals surface area contributed by atoms with Crippen molar-refractivity contribution in [2.24, 2.45) is 0 Å². The third-order valence-corrected chi connectivity index (χ3v) is 6.00. The number of quaternary nitrogens is 1. The van der Waals surface area contributed by atoms with Crippen LogP contribution in [0.15, 0.2) is 18.2 Å². The Hall–Kier alpha value is -1.31. The van der Waals surface area contributed by atoms with Crippen LogP contribution in [0.5, 0.6) is 11.5 Å². The minimum Gasteiger partial charge on any atom is -0.497 e. The lowest BCUT2D eigenvalue weighted by atomic mass is 10.1. The standard InChI is InChI=1S/C15H24N2O4S/c1-4-22(18,19)17-9-7-16(8-10-17)12-13-11-14(20-2)5-6-15(13)21-3/h5-6,11H,4,7-10,12H2,1-3H3/p+1. The summed E-state index contributed by atoms with van der Waals surface area (Å²) in [4.78, 5) is 1.36. The van der Waals surface area contributed by atoms with Crippen LogP contribution < -0.4 is 14.4 Å². The van der Waals surface area contributed by atoms with Gasteiger partial charge in [-0.25, -0.2) is 8.42 Å². The predicted molar refractivity (Wildman–Crippen MR) is 85.0 cm³/mol. The molecule has 2 rings (SSSR count). The molecule has 0 saturated carbocycles. The number of methoxy groups -OCH3 is 2. The normalized spacial score (nSPS) is 17.4. The summed E-state index contributed by atoms with van der Waals surface area (Å²) in [6, 6.07) is 5.77. The molecule has 0 aliphatic carbocycles. The Bertz CT molecular complexity index is 596. The van der Waals surface area contributed by atoms with Gasteiger partial charge in [-0.05, 0) is 25.1 Å². The van der Waals surface area contributed by atoms with Crippen molar-refractivity contribution in [1.82, 2.24) is 4.31 Å². The Balaban J connectivity index is 2.02. The van der Waals surface area contributed by atoms with Crippen LogP contribution in [0.1, 0.15) is 12.5 Å². The van der Waals surface area contributed by atoms with Gasteiger partial charge in [0.2, 0.25) is 10.0 Å². The molecule has 0 aromatic heterocycles. The fraction of sp³-hybridized carbons (Fsp3) is 0.600. The summed E-state index contributed by atoms with van der Waals surface area (Å²) in [6.07, 6.45) is 0. The number of piperazine rings is 1. The molecular formula is C15H25N2O4S+. The molecule has 1 aromatic carbocycles. The maximum absolute atomic E-state index is 11.9. The summed E-state index contributed by atoms with van der Waals surface area (Å²) in [5, 5.41) is 0.